The second kappa shape index (κ2) is 11.7. The Morgan fingerprint density at radius 3 is 2.59 bits per heavy atom. The summed E-state index contributed by atoms with van der Waals surface area (Å²) in [5.74, 6) is 0.664. The summed E-state index contributed by atoms with van der Waals surface area (Å²) >= 11 is 0. The number of likely N-dealkylation sites (tertiary alicyclic amines) is 1. The number of aliphatic imine (C=N–C) groups is 1. The normalized spacial score (nSPS) is 16.2. The predicted molar refractivity (Wildman–Crippen MR) is 119 cm³/mol. The Bertz CT molecular complexity index is 793. The van der Waals surface area contributed by atoms with Crippen LogP contribution in [0.1, 0.15) is 36.0 Å². The van der Waals surface area contributed by atoms with E-state index in [0.29, 0.717) is 12.5 Å². The largest absolute Gasteiger partial charge is 0.405 e. The average Bonchev–Trinajstić information content (AvgIpc) is 3.20. The monoisotopic (exact) mass is 404 g/mol. The van der Waals surface area contributed by atoms with Gasteiger partial charge in [0.05, 0.1) is 0 Å². The molecule has 4 nitrogen and oxygen atoms in total. The van der Waals surface area contributed by atoms with Crippen molar-refractivity contribution >= 4 is 17.1 Å². The SMILES string of the molecule is CN=C/C=C\N.Cc1cc(C)c2[nH]ccc2c1CC1CCN(CCC(F)F)CC1. The molecule has 0 amide bonds. The fourth-order valence-corrected chi connectivity index (χ4v) is 4.03. The van der Waals surface area contributed by atoms with Gasteiger partial charge in [0.15, 0.2) is 0 Å². The Kier molecular flexibility index (Phi) is 9.32. The molecule has 0 atom stereocenters. The number of hydrogen-bond donors (Lipinski definition) is 2. The van der Waals surface area contributed by atoms with E-state index >= 15 is 0 Å². The first kappa shape index (κ1) is 23.1. The first-order valence-electron chi connectivity index (χ1n) is 10.3. The molecule has 1 saturated heterocycles. The third-order valence-corrected chi connectivity index (χ3v) is 5.59. The summed E-state index contributed by atoms with van der Waals surface area (Å²) in [6.45, 7) is 6.80. The number of H-pyrrole nitrogens is 1. The third-order valence-electron chi connectivity index (χ3n) is 5.59. The van der Waals surface area contributed by atoms with Crippen LogP contribution in [0.15, 0.2) is 35.6 Å². The van der Waals surface area contributed by atoms with Crippen molar-refractivity contribution in [2.45, 2.75) is 46.0 Å². The molecule has 29 heavy (non-hydrogen) atoms. The van der Waals surface area contributed by atoms with E-state index in [1.54, 1.807) is 19.3 Å². The minimum Gasteiger partial charge on any atom is -0.405 e. The first-order chi connectivity index (χ1) is 14.0. The maximum absolute atomic E-state index is 12.3. The van der Waals surface area contributed by atoms with E-state index in [2.05, 4.69) is 40.9 Å². The summed E-state index contributed by atoms with van der Waals surface area (Å²) in [6, 6.07) is 4.45. The van der Waals surface area contributed by atoms with E-state index in [4.69, 9.17) is 5.73 Å². The first-order valence-corrected chi connectivity index (χ1v) is 10.3. The zero-order chi connectivity index (χ0) is 21.2. The van der Waals surface area contributed by atoms with Crippen molar-refractivity contribution in [2.24, 2.45) is 16.6 Å². The molecule has 0 saturated carbocycles. The Balaban J connectivity index is 0.000000438. The molecule has 1 aliphatic heterocycles. The number of aromatic nitrogens is 1. The van der Waals surface area contributed by atoms with Crippen LogP contribution in [0.5, 0.6) is 0 Å². The number of nitrogens with zero attached hydrogens (tertiary/aromatic N) is 2. The van der Waals surface area contributed by atoms with E-state index in [1.165, 1.54) is 33.8 Å². The maximum atomic E-state index is 12.3. The van der Waals surface area contributed by atoms with Crippen molar-refractivity contribution in [1.29, 1.82) is 0 Å². The van der Waals surface area contributed by atoms with E-state index in [0.717, 1.165) is 32.4 Å². The number of nitrogens with two attached hydrogens (primary N) is 1. The Labute approximate surface area is 172 Å². The summed E-state index contributed by atoms with van der Waals surface area (Å²) in [5.41, 5.74) is 10.3. The molecule has 1 aromatic carbocycles. The maximum Gasteiger partial charge on any atom is 0.239 e. The second-order valence-corrected chi connectivity index (χ2v) is 7.72. The minimum absolute atomic E-state index is 0.00566. The lowest BCUT2D eigenvalue weighted by molar-refractivity contribution is 0.103. The van der Waals surface area contributed by atoms with Crippen LogP contribution in [0, 0.1) is 19.8 Å². The molecule has 6 heteroatoms. The summed E-state index contributed by atoms with van der Waals surface area (Å²) in [7, 11) is 1.69. The highest BCUT2D eigenvalue weighted by Gasteiger charge is 2.21. The Morgan fingerprint density at radius 1 is 1.28 bits per heavy atom. The highest BCUT2D eigenvalue weighted by molar-refractivity contribution is 5.87. The number of fused-ring (bicyclic) bond motifs is 1. The molecule has 0 unspecified atom stereocenters. The highest BCUT2D eigenvalue weighted by atomic mass is 19.3. The minimum atomic E-state index is -2.18. The van der Waals surface area contributed by atoms with Crippen LogP contribution in [0.3, 0.4) is 0 Å². The topological polar surface area (TPSA) is 57.4 Å². The van der Waals surface area contributed by atoms with E-state index in [9.17, 15) is 8.78 Å². The number of nitrogens with one attached hydrogen (secondary N) is 1. The number of benzene rings is 1. The second-order valence-electron chi connectivity index (χ2n) is 7.72. The van der Waals surface area contributed by atoms with Gasteiger partial charge in [0.25, 0.3) is 0 Å². The number of rotatable bonds is 6. The number of aromatic amines is 1. The van der Waals surface area contributed by atoms with E-state index in [-0.39, 0.29) is 6.42 Å². The van der Waals surface area contributed by atoms with E-state index in [1.807, 2.05) is 6.20 Å². The molecule has 2 heterocycles. The summed E-state index contributed by atoms with van der Waals surface area (Å²) in [5, 5.41) is 1.35. The molecule has 3 N–H and O–H groups in total. The number of piperidine rings is 1. The van der Waals surface area contributed by atoms with Crippen LogP contribution in [0.4, 0.5) is 8.78 Å². The van der Waals surface area contributed by atoms with Crippen molar-refractivity contribution in [3.05, 3.63) is 47.3 Å². The van der Waals surface area contributed by atoms with Crippen molar-refractivity contribution in [3.63, 3.8) is 0 Å². The molecular formula is C23H34F2N4. The van der Waals surface area contributed by atoms with Gasteiger partial charge in [-0.15, -0.1) is 0 Å². The summed E-state index contributed by atoms with van der Waals surface area (Å²) in [6.07, 6.45) is 7.91. The van der Waals surface area contributed by atoms with Crippen molar-refractivity contribution in [3.8, 4) is 0 Å². The summed E-state index contributed by atoms with van der Waals surface area (Å²) < 4.78 is 24.6. The molecule has 1 fully saturated rings. The van der Waals surface area contributed by atoms with Crippen molar-refractivity contribution in [1.82, 2.24) is 9.88 Å². The molecule has 0 radical (unpaired) electrons. The number of allylic oxidation sites excluding steroid dienone is 1. The van der Waals surface area contributed by atoms with Gasteiger partial charge in [-0.1, -0.05) is 6.07 Å². The molecule has 0 spiro atoms. The van der Waals surface area contributed by atoms with Gasteiger partial charge >= 0.3 is 0 Å². The summed E-state index contributed by atoms with van der Waals surface area (Å²) in [4.78, 5) is 9.17. The number of aryl methyl sites for hydroxylation is 2. The highest BCUT2D eigenvalue weighted by Crippen LogP contribution is 2.30. The molecule has 3 rings (SSSR count). The molecule has 160 valence electrons. The molecule has 0 bridgehead atoms. The molecule has 1 aromatic heterocycles. The van der Waals surface area contributed by atoms with Gasteiger partial charge in [-0.2, -0.15) is 0 Å². The van der Waals surface area contributed by atoms with Gasteiger partial charge in [0.2, 0.25) is 6.43 Å². The van der Waals surface area contributed by atoms with Crippen molar-refractivity contribution < 1.29 is 8.78 Å². The van der Waals surface area contributed by atoms with Crippen LogP contribution in [0.25, 0.3) is 10.9 Å². The van der Waals surface area contributed by atoms with Crippen LogP contribution in [0.2, 0.25) is 0 Å². The van der Waals surface area contributed by atoms with Crippen LogP contribution >= 0.6 is 0 Å². The van der Waals surface area contributed by atoms with Gasteiger partial charge in [-0.25, -0.2) is 8.78 Å². The lowest BCUT2D eigenvalue weighted by atomic mass is 9.86. The lowest BCUT2D eigenvalue weighted by Crippen LogP contribution is -2.35. The smallest absolute Gasteiger partial charge is 0.239 e. The zero-order valence-corrected chi connectivity index (χ0v) is 17.8. The third kappa shape index (κ3) is 6.96. The number of alkyl halides is 2. The molecule has 0 aliphatic carbocycles. The average molecular weight is 405 g/mol. The number of halogens is 2. The van der Waals surface area contributed by atoms with Crippen LogP contribution < -0.4 is 5.73 Å². The van der Waals surface area contributed by atoms with Gasteiger partial charge < -0.3 is 15.6 Å². The Morgan fingerprint density at radius 2 is 2.00 bits per heavy atom. The van der Waals surface area contributed by atoms with Gasteiger partial charge in [-0.3, -0.25) is 4.99 Å². The fourth-order valence-electron chi connectivity index (χ4n) is 4.03. The standard InChI is InChI=1S/C19H26F2N2.C4H8N2/c1-13-11-14(2)19-16(3-7-22-19)17(13)12-15-4-8-23(9-5-15)10-6-18(20)21;1-6-4-2-3-5/h3,7,11,15,18,22H,4-6,8-10,12H2,1-2H3;2-4H,5H2,1H3/b;3-2-,6-4?. The lowest BCUT2D eigenvalue weighted by Gasteiger charge is -2.32. The quantitative estimate of drug-likeness (QED) is 0.676. The number of hydrogen-bond acceptors (Lipinski definition) is 3. The van der Waals surface area contributed by atoms with Crippen LogP contribution in [-0.2, 0) is 6.42 Å². The van der Waals surface area contributed by atoms with Crippen molar-refractivity contribution in [2.75, 3.05) is 26.7 Å². The predicted octanol–water partition coefficient (Wildman–Crippen LogP) is 4.85. The van der Waals surface area contributed by atoms with Gasteiger partial charge in [-0.05, 0) is 87.2 Å². The van der Waals surface area contributed by atoms with Crippen LogP contribution in [-0.4, -0.2) is 49.2 Å². The zero-order valence-electron chi connectivity index (χ0n) is 17.8. The molecular weight excluding hydrogens is 370 g/mol. The molecule has 2 aromatic rings. The fraction of sp³-hybridized carbons (Fsp3) is 0.522. The van der Waals surface area contributed by atoms with E-state index < -0.39 is 6.43 Å². The Hall–Kier alpha value is -2.21. The molecule has 1 aliphatic rings. The van der Waals surface area contributed by atoms with Gasteiger partial charge in [0.1, 0.15) is 0 Å². The van der Waals surface area contributed by atoms with Gasteiger partial charge in [0, 0.05) is 43.3 Å².